The zero-order valence-electron chi connectivity index (χ0n) is 11.1. The van der Waals surface area contributed by atoms with E-state index in [4.69, 9.17) is 16.3 Å². The van der Waals surface area contributed by atoms with E-state index in [1.54, 1.807) is 6.20 Å². The van der Waals surface area contributed by atoms with Gasteiger partial charge in [0.15, 0.2) is 0 Å². The first-order valence-electron chi connectivity index (χ1n) is 6.50. The van der Waals surface area contributed by atoms with Gasteiger partial charge < -0.3 is 9.64 Å². The number of anilines is 1. The van der Waals surface area contributed by atoms with Crippen molar-refractivity contribution in [1.82, 2.24) is 10.2 Å². The molecule has 5 nitrogen and oxygen atoms in total. The molecule has 0 saturated carbocycles. The van der Waals surface area contributed by atoms with Crippen LogP contribution in [0.5, 0.6) is 0 Å². The Hall–Kier alpha value is -1.37. The van der Waals surface area contributed by atoms with Crippen molar-refractivity contribution in [2.75, 3.05) is 24.6 Å². The van der Waals surface area contributed by atoms with Gasteiger partial charge in [0.1, 0.15) is 11.1 Å². The summed E-state index contributed by atoms with van der Waals surface area (Å²) in [7, 11) is 0. The number of benzene rings is 1. The number of aromatic amines is 1. The van der Waals surface area contributed by atoms with Crippen LogP contribution in [0.25, 0.3) is 0 Å². The van der Waals surface area contributed by atoms with Crippen LogP contribution < -0.4 is 10.5 Å². The lowest BCUT2D eigenvalue weighted by atomic mass is 10.1. The summed E-state index contributed by atoms with van der Waals surface area (Å²) in [4.78, 5) is 13.6. The third-order valence-corrected chi connectivity index (χ3v) is 4.32. The lowest BCUT2D eigenvalue weighted by Gasteiger charge is -2.34. The van der Waals surface area contributed by atoms with E-state index < -0.39 is 0 Å². The number of nitrogens with zero attached hydrogens (tertiary/aromatic N) is 2. The molecule has 0 amide bonds. The van der Waals surface area contributed by atoms with Crippen LogP contribution in [0.3, 0.4) is 0 Å². The molecule has 1 aliphatic rings. The summed E-state index contributed by atoms with van der Waals surface area (Å²) in [5.41, 5.74) is 1.36. The van der Waals surface area contributed by atoms with E-state index in [0.717, 1.165) is 10.0 Å². The predicted molar refractivity (Wildman–Crippen MR) is 84.9 cm³/mol. The fraction of sp³-hybridized carbons (Fsp3) is 0.286. The van der Waals surface area contributed by atoms with E-state index in [1.165, 1.54) is 0 Å². The van der Waals surface area contributed by atoms with Crippen LogP contribution in [0.2, 0.25) is 5.02 Å². The summed E-state index contributed by atoms with van der Waals surface area (Å²) >= 11 is 9.49. The number of hydrogen-bond donors (Lipinski definition) is 1. The molecule has 21 heavy (non-hydrogen) atoms. The third-order valence-electron chi connectivity index (χ3n) is 3.43. The Morgan fingerprint density at radius 1 is 1.38 bits per heavy atom. The van der Waals surface area contributed by atoms with E-state index in [-0.39, 0.29) is 16.7 Å². The lowest BCUT2D eigenvalue weighted by molar-refractivity contribution is 0.0397. The van der Waals surface area contributed by atoms with Crippen molar-refractivity contribution in [1.29, 1.82) is 0 Å². The van der Waals surface area contributed by atoms with Gasteiger partial charge in [-0.2, -0.15) is 5.10 Å². The Kier molecular flexibility index (Phi) is 4.28. The lowest BCUT2D eigenvalue weighted by Crippen LogP contribution is -2.39. The highest BCUT2D eigenvalue weighted by molar-refractivity contribution is 9.10. The van der Waals surface area contributed by atoms with Gasteiger partial charge >= 0.3 is 0 Å². The summed E-state index contributed by atoms with van der Waals surface area (Å²) in [6.07, 6.45) is 1.52. The molecule has 0 aliphatic carbocycles. The Balaban J connectivity index is 1.84. The van der Waals surface area contributed by atoms with E-state index in [2.05, 4.69) is 26.1 Å². The van der Waals surface area contributed by atoms with Crippen LogP contribution in [0, 0.1) is 0 Å². The van der Waals surface area contributed by atoms with Gasteiger partial charge in [-0.1, -0.05) is 39.7 Å². The minimum absolute atomic E-state index is 0.0535. The molecule has 2 aromatic rings. The molecule has 1 saturated heterocycles. The highest BCUT2D eigenvalue weighted by atomic mass is 79.9. The van der Waals surface area contributed by atoms with Gasteiger partial charge in [0.25, 0.3) is 5.56 Å². The number of aromatic nitrogens is 2. The molecule has 1 N–H and O–H groups in total. The van der Waals surface area contributed by atoms with Crippen molar-refractivity contribution in [2.45, 2.75) is 6.10 Å². The van der Waals surface area contributed by atoms with E-state index in [0.29, 0.717) is 25.4 Å². The summed E-state index contributed by atoms with van der Waals surface area (Å²) in [6.45, 7) is 1.88. The number of nitrogens with one attached hydrogen (secondary N) is 1. The number of halogens is 2. The number of rotatable bonds is 2. The highest BCUT2D eigenvalue weighted by Gasteiger charge is 2.24. The molecule has 7 heteroatoms. The highest BCUT2D eigenvalue weighted by Crippen LogP contribution is 2.28. The molecule has 0 spiro atoms. The summed E-state index contributed by atoms with van der Waals surface area (Å²) < 4.78 is 6.85. The standard InChI is InChI=1S/C14H13BrClN3O2/c15-10-3-1-9(2-4-10)12-8-19(5-6-21-12)11-7-17-18-14(20)13(11)16/h1-4,7,12H,5-6,8H2,(H,18,20)/t12-/m1/s1. The first-order chi connectivity index (χ1) is 10.1. The van der Waals surface area contributed by atoms with Crippen LogP contribution in [0.15, 0.2) is 39.7 Å². The normalized spacial score (nSPS) is 18.8. The summed E-state index contributed by atoms with van der Waals surface area (Å²) in [5.74, 6) is 0. The molecule has 0 bridgehead atoms. The van der Waals surface area contributed by atoms with Crippen LogP contribution in [0.1, 0.15) is 11.7 Å². The second-order valence-corrected chi connectivity index (χ2v) is 6.05. The number of morpholine rings is 1. The first-order valence-corrected chi connectivity index (χ1v) is 7.67. The van der Waals surface area contributed by atoms with Crippen molar-refractivity contribution < 1.29 is 4.74 Å². The molecule has 1 aromatic heterocycles. The minimum atomic E-state index is -0.374. The van der Waals surface area contributed by atoms with Crippen molar-refractivity contribution in [2.24, 2.45) is 0 Å². The summed E-state index contributed by atoms with van der Waals surface area (Å²) in [6, 6.07) is 8.02. The summed E-state index contributed by atoms with van der Waals surface area (Å²) in [5, 5.41) is 6.31. The van der Waals surface area contributed by atoms with Crippen LogP contribution in [-0.2, 0) is 4.74 Å². The minimum Gasteiger partial charge on any atom is -0.370 e. The molecule has 0 unspecified atom stereocenters. The largest absolute Gasteiger partial charge is 0.370 e. The molecule has 1 aromatic carbocycles. The molecule has 1 atom stereocenters. The van der Waals surface area contributed by atoms with Gasteiger partial charge in [0.2, 0.25) is 0 Å². The molecule has 2 heterocycles. The predicted octanol–water partition coefficient (Wildman–Crippen LogP) is 2.76. The van der Waals surface area contributed by atoms with E-state index in [9.17, 15) is 4.79 Å². The van der Waals surface area contributed by atoms with Crippen molar-refractivity contribution >= 4 is 33.2 Å². The van der Waals surface area contributed by atoms with Crippen LogP contribution in [0.4, 0.5) is 5.69 Å². The fourth-order valence-electron chi connectivity index (χ4n) is 2.34. The Morgan fingerprint density at radius 2 is 2.14 bits per heavy atom. The Morgan fingerprint density at radius 3 is 2.90 bits per heavy atom. The van der Waals surface area contributed by atoms with Crippen LogP contribution in [-0.4, -0.2) is 29.9 Å². The zero-order chi connectivity index (χ0) is 14.8. The maximum absolute atomic E-state index is 11.6. The topological polar surface area (TPSA) is 58.2 Å². The Bertz CT molecular complexity index is 689. The van der Waals surface area contributed by atoms with Crippen molar-refractivity contribution in [3.8, 4) is 0 Å². The molecule has 1 aliphatic heterocycles. The Labute approximate surface area is 135 Å². The zero-order valence-corrected chi connectivity index (χ0v) is 13.4. The first kappa shape index (κ1) is 14.6. The van der Waals surface area contributed by atoms with Gasteiger partial charge in [-0.15, -0.1) is 0 Å². The second-order valence-electron chi connectivity index (χ2n) is 4.76. The van der Waals surface area contributed by atoms with Gasteiger partial charge in [0.05, 0.1) is 18.5 Å². The SMILES string of the molecule is O=c1[nH]ncc(N2CCO[C@@H](c3ccc(Br)cc3)C2)c1Cl. The maximum atomic E-state index is 11.6. The average Bonchev–Trinajstić information content (AvgIpc) is 2.51. The van der Waals surface area contributed by atoms with Gasteiger partial charge in [-0.3, -0.25) is 4.79 Å². The number of H-pyrrole nitrogens is 1. The molecule has 110 valence electrons. The quantitative estimate of drug-likeness (QED) is 0.883. The molecule has 0 radical (unpaired) electrons. The van der Waals surface area contributed by atoms with Crippen molar-refractivity contribution in [3.63, 3.8) is 0 Å². The molecular formula is C14H13BrClN3O2. The second kappa shape index (κ2) is 6.17. The van der Waals surface area contributed by atoms with Crippen LogP contribution >= 0.6 is 27.5 Å². The number of hydrogen-bond acceptors (Lipinski definition) is 4. The average molecular weight is 371 g/mol. The molecular weight excluding hydrogens is 358 g/mol. The smallest absolute Gasteiger partial charge is 0.285 e. The van der Waals surface area contributed by atoms with Crippen molar-refractivity contribution in [3.05, 3.63) is 55.9 Å². The van der Waals surface area contributed by atoms with Gasteiger partial charge in [-0.05, 0) is 17.7 Å². The molecule has 3 rings (SSSR count). The van der Waals surface area contributed by atoms with Gasteiger partial charge in [0, 0.05) is 17.6 Å². The maximum Gasteiger partial charge on any atom is 0.285 e. The van der Waals surface area contributed by atoms with E-state index in [1.807, 2.05) is 29.2 Å². The fourth-order valence-corrected chi connectivity index (χ4v) is 2.82. The third kappa shape index (κ3) is 3.12. The molecule has 1 fully saturated rings. The number of ether oxygens (including phenoxy) is 1. The van der Waals surface area contributed by atoms with E-state index >= 15 is 0 Å². The monoisotopic (exact) mass is 369 g/mol. The van der Waals surface area contributed by atoms with Gasteiger partial charge in [-0.25, -0.2) is 5.10 Å².